The molecule has 0 bridgehead atoms. The van der Waals surface area contributed by atoms with Crippen molar-refractivity contribution in [2.45, 2.75) is 297 Å². The van der Waals surface area contributed by atoms with Crippen molar-refractivity contribution in [2.75, 3.05) is 13.2 Å². The molecule has 6 nitrogen and oxygen atoms in total. The number of unbranched alkanes of at least 4 members (excludes halogenated alkanes) is 33. The van der Waals surface area contributed by atoms with Crippen molar-refractivity contribution in [3.05, 3.63) is 0 Å². The number of rotatable bonds is 47. The third kappa shape index (κ3) is 44.0. The zero-order valence-corrected chi connectivity index (χ0v) is 39.5. The number of hydrogen-bond donors (Lipinski definition) is 0. The van der Waals surface area contributed by atoms with E-state index in [0.29, 0.717) is 19.3 Å². The Morgan fingerprint density at radius 2 is 0.603 bits per heavy atom. The first-order chi connectivity index (χ1) is 28.4. The first kappa shape index (κ1) is 56.4. The first-order valence-corrected chi connectivity index (χ1v) is 25.9. The lowest BCUT2D eigenvalue weighted by atomic mass is 9.99. The van der Waals surface area contributed by atoms with Crippen molar-refractivity contribution in [1.82, 2.24) is 0 Å². The van der Waals surface area contributed by atoms with Crippen LogP contribution in [0.2, 0.25) is 0 Å². The smallest absolute Gasteiger partial charge is 0.306 e. The molecule has 0 heterocycles. The Bertz CT molecular complexity index is 874. The zero-order chi connectivity index (χ0) is 42.4. The zero-order valence-electron chi connectivity index (χ0n) is 39.5. The van der Waals surface area contributed by atoms with Crippen LogP contribution in [-0.2, 0) is 28.6 Å². The van der Waals surface area contributed by atoms with E-state index >= 15 is 0 Å². The molecule has 0 aromatic carbocycles. The van der Waals surface area contributed by atoms with Crippen molar-refractivity contribution < 1.29 is 28.6 Å². The van der Waals surface area contributed by atoms with Crippen molar-refractivity contribution >= 4 is 17.9 Å². The summed E-state index contributed by atoms with van der Waals surface area (Å²) in [5.41, 5.74) is 0. The van der Waals surface area contributed by atoms with Crippen molar-refractivity contribution in [3.63, 3.8) is 0 Å². The molecule has 0 fully saturated rings. The molecule has 0 aromatic rings. The molecule has 0 spiro atoms. The standard InChI is InChI=1S/C52H100O6/c1-5-8-10-12-14-16-18-20-21-22-23-25-27-33-37-41-45-52(55)58-49(46-56-50(53)43-39-35-31-26-24-19-17-15-13-11-9-6-2)47-57-51(54)44-40-36-32-29-28-30-34-38-42-48(4)7-3/h48-49H,5-47H2,1-4H3/t48?,49-/m0/s1. The highest BCUT2D eigenvalue weighted by Gasteiger charge is 2.19. The highest BCUT2D eigenvalue weighted by Crippen LogP contribution is 2.17. The predicted molar refractivity (Wildman–Crippen MR) is 247 cm³/mol. The molecule has 0 rings (SSSR count). The molecule has 0 radical (unpaired) electrons. The first-order valence-electron chi connectivity index (χ1n) is 25.9. The molecular formula is C52H100O6. The summed E-state index contributed by atoms with van der Waals surface area (Å²) >= 11 is 0. The van der Waals surface area contributed by atoms with Gasteiger partial charge in [-0.25, -0.2) is 0 Å². The number of carbonyl (C=O) groups is 3. The van der Waals surface area contributed by atoms with Crippen LogP contribution in [0.15, 0.2) is 0 Å². The fraction of sp³-hybridized carbons (Fsp3) is 0.942. The van der Waals surface area contributed by atoms with Gasteiger partial charge in [-0.05, 0) is 25.2 Å². The van der Waals surface area contributed by atoms with Crippen LogP contribution < -0.4 is 0 Å². The minimum Gasteiger partial charge on any atom is -0.462 e. The molecule has 0 saturated heterocycles. The predicted octanol–water partition coefficient (Wildman–Crippen LogP) is 16.7. The largest absolute Gasteiger partial charge is 0.462 e. The lowest BCUT2D eigenvalue weighted by Crippen LogP contribution is -2.30. The van der Waals surface area contributed by atoms with Gasteiger partial charge in [0, 0.05) is 19.3 Å². The molecular weight excluding hydrogens is 721 g/mol. The third-order valence-electron chi connectivity index (χ3n) is 12.2. The minimum absolute atomic E-state index is 0.0631. The summed E-state index contributed by atoms with van der Waals surface area (Å²) in [5.74, 6) is 0.00218. The van der Waals surface area contributed by atoms with Gasteiger partial charge in [-0.2, -0.15) is 0 Å². The number of ether oxygens (including phenoxy) is 3. The van der Waals surface area contributed by atoms with Gasteiger partial charge in [-0.1, -0.05) is 252 Å². The van der Waals surface area contributed by atoms with Gasteiger partial charge in [0.1, 0.15) is 13.2 Å². The quantitative estimate of drug-likeness (QED) is 0.0346. The highest BCUT2D eigenvalue weighted by atomic mass is 16.6. The second-order valence-electron chi connectivity index (χ2n) is 18.1. The van der Waals surface area contributed by atoms with Gasteiger partial charge in [0.25, 0.3) is 0 Å². The molecule has 2 atom stereocenters. The van der Waals surface area contributed by atoms with Crippen LogP contribution in [0, 0.1) is 5.92 Å². The average molecular weight is 821 g/mol. The number of esters is 3. The SMILES string of the molecule is CCCCCCCCCCCCCCCCCCC(=O)O[C@@H](COC(=O)CCCCCCCCCCCCCC)COC(=O)CCCCCCCCCCC(C)CC. The lowest BCUT2D eigenvalue weighted by Gasteiger charge is -2.18. The Morgan fingerprint density at radius 1 is 0.345 bits per heavy atom. The average Bonchev–Trinajstić information content (AvgIpc) is 3.22. The Balaban J connectivity index is 4.31. The Hall–Kier alpha value is -1.59. The maximum Gasteiger partial charge on any atom is 0.306 e. The van der Waals surface area contributed by atoms with E-state index < -0.39 is 6.10 Å². The molecule has 0 saturated carbocycles. The lowest BCUT2D eigenvalue weighted by molar-refractivity contribution is -0.167. The van der Waals surface area contributed by atoms with E-state index in [4.69, 9.17) is 14.2 Å². The van der Waals surface area contributed by atoms with Gasteiger partial charge in [0.15, 0.2) is 6.10 Å². The van der Waals surface area contributed by atoms with E-state index in [1.807, 2.05) is 0 Å². The minimum atomic E-state index is -0.760. The third-order valence-corrected chi connectivity index (χ3v) is 12.2. The molecule has 6 heteroatoms. The molecule has 0 aliphatic heterocycles. The molecule has 58 heavy (non-hydrogen) atoms. The van der Waals surface area contributed by atoms with Gasteiger partial charge in [-0.15, -0.1) is 0 Å². The molecule has 0 N–H and O–H groups in total. The van der Waals surface area contributed by atoms with Crippen molar-refractivity contribution in [3.8, 4) is 0 Å². The second kappa shape index (κ2) is 46.5. The monoisotopic (exact) mass is 821 g/mol. The van der Waals surface area contributed by atoms with Gasteiger partial charge in [-0.3, -0.25) is 14.4 Å². The van der Waals surface area contributed by atoms with Crippen molar-refractivity contribution in [2.24, 2.45) is 5.92 Å². The summed E-state index contributed by atoms with van der Waals surface area (Å²) in [7, 11) is 0. The van der Waals surface area contributed by atoms with Crippen LogP contribution in [0.1, 0.15) is 291 Å². The van der Waals surface area contributed by atoms with E-state index in [1.54, 1.807) is 0 Å². The van der Waals surface area contributed by atoms with Crippen LogP contribution >= 0.6 is 0 Å². The van der Waals surface area contributed by atoms with Crippen LogP contribution in [-0.4, -0.2) is 37.2 Å². The molecule has 1 unspecified atom stereocenters. The number of carbonyl (C=O) groups excluding carboxylic acids is 3. The second-order valence-corrected chi connectivity index (χ2v) is 18.1. The van der Waals surface area contributed by atoms with Crippen LogP contribution in [0.5, 0.6) is 0 Å². The van der Waals surface area contributed by atoms with E-state index in [0.717, 1.165) is 63.7 Å². The molecule has 344 valence electrons. The van der Waals surface area contributed by atoms with Gasteiger partial charge >= 0.3 is 17.9 Å². The Kier molecular flexibility index (Phi) is 45.2. The fourth-order valence-electron chi connectivity index (χ4n) is 7.83. The van der Waals surface area contributed by atoms with E-state index in [-0.39, 0.29) is 31.1 Å². The topological polar surface area (TPSA) is 78.9 Å². The molecule has 0 aliphatic carbocycles. The Morgan fingerprint density at radius 3 is 0.897 bits per heavy atom. The summed E-state index contributed by atoms with van der Waals surface area (Å²) in [6.45, 7) is 9.03. The van der Waals surface area contributed by atoms with Crippen LogP contribution in [0.25, 0.3) is 0 Å². The normalized spacial score (nSPS) is 12.4. The maximum absolute atomic E-state index is 12.8. The molecule has 0 amide bonds. The van der Waals surface area contributed by atoms with E-state index in [9.17, 15) is 14.4 Å². The van der Waals surface area contributed by atoms with Crippen LogP contribution in [0.4, 0.5) is 0 Å². The number of hydrogen-bond acceptors (Lipinski definition) is 6. The Labute approximate surface area is 361 Å². The highest BCUT2D eigenvalue weighted by molar-refractivity contribution is 5.71. The summed E-state index contributed by atoms with van der Waals surface area (Å²) in [6, 6.07) is 0. The van der Waals surface area contributed by atoms with E-state index in [1.165, 1.54) is 186 Å². The molecule has 0 aliphatic rings. The summed E-state index contributed by atoms with van der Waals surface area (Å²) < 4.78 is 16.8. The maximum atomic E-state index is 12.8. The van der Waals surface area contributed by atoms with Gasteiger partial charge in [0.05, 0.1) is 0 Å². The summed E-state index contributed by atoms with van der Waals surface area (Å²) in [4.78, 5) is 37.9. The molecule has 0 aromatic heterocycles. The van der Waals surface area contributed by atoms with Crippen LogP contribution in [0.3, 0.4) is 0 Å². The van der Waals surface area contributed by atoms with Gasteiger partial charge < -0.3 is 14.2 Å². The fourth-order valence-corrected chi connectivity index (χ4v) is 7.83. The summed E-state index contributed by atoms with van der Waals surface area (Å²) in [6.07, 6.45) is 47.9. The van der Waals surface area contributed by atoms with Gasteiger partial charge in [0.2, 0.25) is 0 Å². The van der Waals surface area contributed by atoms with E-state index in [2.05, 4.69) is 27.7 Å². The summed E-state index contributed by atoms with van der Waals surface area (Å²) in [5, 5.41) is 0. The van der Waals surface area contributed by atoms with Crippen molar-refractivity contribution in [1.29, 1.82) is 0 Å².